The molecule has 0 saturated heterocycles. The van der Waals surface area contributed by atoms with Crippen molar-refractivity contribution in [3.05, 3.63) is 65.2 Å². The van der Waals surface area contributed by atoms with Crippen molar-refractivity contribution in [3.8, 4) is 11.4 Å². The minimum atomic E-state index is -3.17. The zero-order valence-electron chi connectivity index (χ0n) is 12.3. The van der Waals surface area contributed by atoms with E-state index in [4.69, 9.17) is 0 Å². The average molecular weight is 392 g/mol. The fraction of sp³-hybridized carbons (Fsp3) is 0.125. The van der Waals surface area contributed by atoms with Crippen LogP contribution in [0.5, 0.6) is 0 Å². The Bertz CT molecular complexity index is 934. The molecule has 0 fully saturated rings. The van der Waals surface area contributed by atoms with Crippen molar-refractivity contribution in [2.45, 2.75) is 11.4 Å². The van der Waals surface area contributed by atoms with Gasteiger partial charge >= 0.3 is 0 Å². The zero-order chi connectivity index (χ0) is 16.4. The van der Waals surface area contributed by atoms with Gasteiger partial charge in [0, 0.05) is 47.6 Å². The molecule has 0 amide bonds. The molecule has 3 rings (SSSR count). The number of hydrogen-bond donors (Lipinski definition) is 0. The number of aromatic nitrogens is 3. The van der Waals surface area contributed by atoms with Gasteiger partial charge in [-0.3, -0.25) is 4.98 Å². The Morgan fingerprint density at radius 1 is 1.17 bits per heavy atom. The number of halogens is 1. The second kappa shape index (κ2) is 6.25. The molecule has 23 heavy (non-hydrogen) atoms. The first-order chi connectivity index (χ1) is 10.9. The number of rotatable bonds is 4. The third-order valence-corrected chi connectivity index (χ3v) is 4.95. The van der Waals surface area contributed by atoms with Crippen LogP contribution in [-0.2, 0) is 16.4 Å². The molecule has 0 aliphatic rings. The molecule has 0 aliphatic carbocycles. The SMILES string of the molecule is CS(=O)(=O)c1ccc(Cn2ccnc2-c2cncc(Br)c2)cc1. The lowest BCUT2D eigenvalue weighted by Crippen LogP contribution is -2.02. The fourth-order valence-electron chi connectivity index (χ4n) is 2.27. The smallest absolute Gasteiger partial charge is 0.175 e. The van der Waals surface area contributed by atoms with Gasteiger partial charge in [0.25, 0.3) is 0 Å². The molecule has 0 aliphatic heterocycles. The molecule has 0 spiro atoms. The summed E-state index contributed by atoms with van der Waals surface area (Å²) in [6, 6.07) is 8.85. The number of imidazole rings is 1. The molecule has 0 atom stereocenters. The lowest BCUT2D eigenvalue weighted by atomic mass is 10.2. The summed E-state index contributed by atoms with van der Waals surface area (Å²) >= 11 is 3.41. The maximum Gasteiger partial charge on any atom is 0.175 e. The first kappa shape index (κ1) is 15.9. The highest BCUT2D eigenvalue weighted by atomic mass is 79.9. The monoisotopic (exact) mass is 391 g/mol. The van der Waals surface area contributed by atoms with Gasteiger partial charge in [0.15, 0.2) is 9.84 Å². The summed E-state index contributed by atoms with van der Waals surface area (Å²) in [5, 5.41) is 0. The van der Waals surface area contributed by atoms with E-state index in [9.17, 15) is 8.42 Å². The third-order valence-electron chi connectivity index (χ3n) is 3.38. The van der Waals surface area contributed by atoms with Crippen LogP contribution in [0.3, 0.4) is 0 Å². The highest BCUT2D eigenvalue weighted by molar-refractivity contribution is 9.10. The van der Waals surface area contributed by atoms with Gasteiger partial charge in [-0.05, 0) is 39.7 Å². The van der Waals surface area contributed by atoms with Gasteiger partial charge in [-0.2, -0.15) is 0 Å². The van der Waals surface area contributed by atoms with Gasteiger partial charge in [-0.1, -0.05) is 12.1 Å². The molecule has 5 nitrogen and oxygen atoms in total. The largest absolute Gasteiger partial charge is 0.327 e. The Morgan fingerprint density at radius 2 is 1.91 bits per heavy atom. The summed E-state index contributed by atoms with van der Waals surface area (Å²) < 4.78 is 25.9. The average Bonchev–Trinajstić information content (AvgIpc) is 2.95. The van der Waals surface area contributed by atoms with Gasteiger partial charge in [-0.15, -0.1) is 0 Å². The summed E-state index contributed by atoms with van der Waals surface area (Å²) in [4.78, 5) is 8.87. The van der Waals surface area contributed by atoms with Crippen LogP contribution in [0.2, 0.25) is 0 Å². The summed E-state index contributed by atoms with van der Waals surface area (Å²) in [5.74, 6) is 0.811. The van der Waals surface area contributed by atoms with Crippen LogP contribution in [0.25, 0.3) is 11.4 Å². The summed E-state index contributed by atoms with van der Waals surface area (Å²) in [6.45, 7) is 0.603. The second-order valence-electron chi connectivity index (χ2n) is 5.19. The van der Waals surface area contributed by atoms with Gasteiger partial charge in [0.1, 0.15) is 5.82 Å². The lowest BCUT2D eigenvalue weighted by molar-refractivity contribution is 0.602. The van der Waals surface area contributed by atoms with Crippen molar-refractivity contribution in [2.75, 3.05) is 6.26 Å². The van der Waals surface area contributed by atoms with Crippen LogP contribution < -0.4 is 0 Å². The van der Waals surface area contributed by atoms with E-state index < -0.39 is 9.84 Å². The molecule has 0 bridgehead atoms. The summed E-state index contributed by atoms with van der Waals surface area (Å²) in [5.41, 5.74) is 1.91. The maximum absolute atomic E-state index is 11.5. The van der Waals surface area contributed by atoms with Gasteiger partial charge in [0.2, 0.25) is 0 Å². The molecule has 0 N–H and O–H groups in total. The van der Waals surface area contributed by atoms with Crippen molar-refractivity contribution >= 4 is 25.8 Å². The Kier molecular flexibility index (Phi) is 4.32. The number of benzene rings is 1. The molecule has 118 valence electrons. The number of nitrogens with zero attached hydrogens (tertiary/aromatic N) is 3. The van der Waals surface area contributed by atoms with Gasteiger partial charge in [0.05, 0.1) is 4.90 Å². The molecule has 0 radical (unpaired) electrons. The van der Waals surface area contributed by atoms with E-state index in [0.29, 0.717) is 11.4 Å². The Morgan fingerprint density at radius 3 is 2.57 bits per heavy atom. The fourth-order valence-corrected chi connectivity index (χ4v) is 3.27. The van der Waals surface area contributed by atoms with Gasteiger partial charge < -0.3 is 4.57 Å². The first-order valence-corrected chi connectivity index (χ1v) is 9.53. The van der Waals surface area contributed by atoms with Crippen LogP contribution in [-0.4, -0.2) is 29.2 Å². The second-order valence-corrected chi connectivity index (χ2v) is 8.12. The van der Waals surface area contributed by atoms with Crippen molar-refractivity contribution < 1.29 is 8.42 Å². The van der Waals surface area contributed by atoms with Crippen LogP contribution in [0.1, 0.15) is 5.56 Å². The van der Waals surface area contributed by atoms with E-state index in [2.05, 4.69) is 25.9 Å². The normalized spacial score (nSPS) is 11.6. The van der Waals surface area contributed by atoms with E-state index in [1.165, 1.54) is 6.26 Å². The molecule has 0 saturated carbocycles. The van der Waals surface area contributed by atoms with Crippen LogP contribution in [0.4, 0.5) is 0 Å². The molecule has 0 unspecified atom stereocenters. The highest BCUT2D eigenvalue weighted by Gasteiger charge is 2.09. The molecule has 1 aromatic carbocycles. The predicted molar refractivity (Wildman–Crippen MR) is 91.8 cm³/mol. The third kappa shape index (κ3) is 3.68. The minimum absolute atomic E-state index is 0.322. The molecular formula is C16H14BrN3O2S. The first-order valence-electron chi connectivity index (χ1n) is 6.84. The molecule has 7 heteroatoms. The Balaban J connectivity index is 1.89. The Labute approximate surface area is 143 Å². The van der Waals surface area contributed by atoms with E-state index >= 15 is 0 Å². The van der Waals surface area contributed by atoms with Crippen molar-refractivity contribution in [1.82, 2.24) is 14.5 Å². The molecular weight excluding hydrogens is 378 g/mol. The summed E-state index contributed by atoms with van der Waals surface area (Å²) in [7, 11) is -3.17. The topological polar surface area (TPSA) is 64.8 Å². The molecule has 3 aromatic rings. The van der Waals surface area contributed by atoms with E-state index in [0.717, 1.165) is 21.4 Å². The minimum Gasteiger partial charge on any atom is -0.327 e. The lowest BCUT2D eigenvalue weighted by Gasteiger charge is -2.09. The van der Waals surface area contributed by atoms with Crippen molar-refractivity contribution in [1.29, 1.82) is 0 Å². The standard InChI is InChI=1S/C16H14BrN3O2S/c1-23(21,22)15-4-2-12(3-5-15)11-20-7-6-19-16(20)13-8-14(17)10-18-9-13/h2-10H,11H2,1H3. The molecule has 2 heterocycles. The predicted octanol–water partition coefficient (Wildman–Crippen LogP) is 3.16. The van der Waals surface area contributed by atoms with E-state index in [-0.39, 0.29) is 0 Å². The van der Waals surface area contributed by atoms with Crippen LogP contribution in [0, 0.1) is 0 Å². The zero-order valence-corrected chi connectivity index (χ0v) is 14.8. The van der Waals surface area contributed by atoms with Crippen LogP contribution in [0.15, 0.2) is 64.5 Å². The number of hydrogen-bond acceptors (Lipinski definition) is 4. The maximum atomic E-state index is 11.5. The highest BCUT2D eigenvalue weighted by Crippen LogP contribution is 2.21. The molecule has 2 aromatic heterocycles. The Hall–Kier alpha value is -1.99. The number of sulfone groups is 1. The quantitative estimate of drug-likeness (QED) is 0.684. The summed E-state index contributed by atoms with van der Waals surface area (Å²) in [6.07, 6.45) is 8.31. The van der Waals surface area contributed by atoms with E-state index in [1.807, 2.05) is 29.0 Å². The van der Waals surface area contributed by atoms with Crippen molar-refractivity contribution in [2.24, 2.45) is 0 Å². The van der Waals surface area contributed by atoms with Gasteiger partial charge in [-0.25, -0.2) is 13.4 Å². The van der Waals surface area contributed by atoms with Crippen LogP contribution >= 0.6 is 15.9 Å². The number of pyridine rings is 1. The van der Waals surface area contributed by atoms with Crippen molar-refractivity contribution in [3.63, 3.8) is 0 Å². The van der Waals surface area contributed by atoms with E-state index in [1.54, 1.807) is 30.7 Å².